The maximum absolute atomic E-state index is 5.73. The molecule has 2 rings (SSSR count). The van der Waals surface area contributed by atoms with Crippen LogP contribution in [0.2, 0.25) is 0 Å². The zero-order chi connectivity index (χ0) is 11.5. The molecule has 0 saturated carbocycles. The first kappa shape index (κ1) is 10.8. The van der Waals surface area contributed by atoms with Crippen molar-refractivity contribution in [1.82, 2.24) is 4.98 Å². The standard InChI is InChI=1S/C11H13N3OS/c1-7-6-16-11(13-7)14-9-5-8(12)3-4-10(9)15-2/h3-6H,12H2,1-2H3,(H,13,14). The molecule has 0 saturated heterocycles. The Morgan fingerprint density at radius 1 is 1.44 bits per heavy atom. The minimum Gasteiger partial charge on any atom is -0.495 e. The van der Waals surface area contributed by atoms with E-state index in [1.54, 1.807) is 24.5 Å². The fourth-order valence-electron chi connectivity index (χ4n) is 1.35. The highest BCUT2D eigenvalue weighted by Crippen LogP contribution is 2.30. The molecule has 1 heterocycles. The highest BCUT2D eigenvalue weighted by Gasteiger charge is 2.05. The second-order valence-corrected chi connectivity index (χ2v) is 4.24. The van der Waals surface area contributed by atoms with Crippen LogP contribution in [0.25, 0.3) is 0 Å². The molecule has 3 N–H and O–H groups in total. The van der Waals surface area contributed by atoms with Gasteiger partial charge in [0.1, 0.15) is 5.75 Å². The lowest BCUT2D eigenvalue weighted by Gasteiger charge is -2.09. The molecule has 2 aromatic rings. The Hall–Kier alpha value is -1.75. The minimum absolute atomic E-state index is 0.691. The van der Waals surface area contributed by atoms with Crippen LogP contribution in [-0.4, -0.2) is 12.1 Å². The van der Waals surface area contributed by atoms with Crippen LogP contribution in [-0.2, 0) is 0 Å². The number of methoxy groups -OCH3 is 1. The van der Waals surface area contributed by atoms with Gasteiger partial charge in [-0.3, -0.25) is 0 Å². The number of nitrogens with zero attached hydrogens (tertiary/aromatic N) is 1. The van der Waals surface area contributed by atoms with E-state index in [1.807, 2.05) is 24.4 Å². The van der Waals surface area contributed by atoms with E-state index in [-0.39, 0.29) is 0 Å². The molecule has 5 heteroatoms. The van der Waals surface area contributed by atoms with Gasteiger partial charge in [-0.15, -0.1) is 11.3 Å². The number of hydrogen-bond acceptors (Lipinski definition) is 5. The number of aromatic nitrogens is 1. The second-order valence-electron chi connectivity index (χ2n) is 3.38. The molecule has 0 amide bonds. The van der Waals surface area contributed by atoms with Crippen LogP contribution in [0.5, 0.6) is 5.75 Å². The van der Waals surface area contributed by atoms with E-state index in [2.05, 4.69) is 10.3 Å². The highest BCUT2D eigenvalue weighted by molar-refractivity contribution is 7.13. The van der Waals surface area contributed by atoms with Gasteiger partial charge in [0.05, 0.1) is 18.5 Å². The summed E-state index contributed by atoms with van der Waals surface area (Å²) in [6.45, 7) is 1.96. The van der Waals surface area contributed by atoms with Crippen molar-refractivity contribution in [2.24, 2.45) is 0 Å². The van der Waals surface area contributed by atoms with Gasteiger partial charge >= 0.3 is 0 Å². The zero-order valence-corrected chi connectivity index (χ0v) is 9.97. The summed E-state index contributed by atoms with van der Waals surface area (Å²) in [5, 5.41) is 6.01. The Morgan fingerprint density at radius 3 is 2.88 bits per heavy atom. The van der Waals surface area contributed by atoms with Gasteiger partial charge in [0.15, 0.2) is 5.13 Å². The first-order valence-electron chi connectivity index (χ1n) is 4.81. The van der Waals surface area contributed by atoms with Gasteiger partial charge in [0, 0.05) is 11.1 Å². The summed E-state index contributed by atoms with van der Waals surface area (Å²) in [5.41, 5.74) is 8.25. The molecule has 16 heavy (non-hydrogen) atoms. The molecule has 0 radical (unpaired) electrons. The quantitative estimate of drug-likeness (QED) is 0.803. The summed E-state index contributed by atoms with van der Waals surface area (Å²) in [6, 6.07) is 5.46. The minimum atomic E-state index is 0.691. The van der Waals surface area contributed by atoms with Gasteiger partial charge in [-0.05, 0) is 25.1 Å². The van der Waals surface area contributed by atoms with Crippen molar-refractivity contribution in [2.45, 2.75) is 6.92 Å². The van der Waals surface area contributed by atoms with Crippen LogP contribution in [0.15, 0.2) is 23.6 Å². The van der Waals surface area contributed by atoms with Crippen LogP contribution in [0.3, 0.4) is 0 Å². The monoisotopic (exact) mass is 235 g/mol. The first-order valence-corrected chi connectivity index (χ1v) is 5.69. The molecule has 1 aromatic carbocycles. The predicted molar refractivity (Wildman–Crippen MR) is 67.5 cm³/mol. The van der Waals surface area contributed by atoms with E-state index in [4.69, 9.17) is 10.5 Å². The van der Waals surface area contributed by atoms with Crippen LogP contribution in [0.4, 0.5) is 16.5 Å². The second kappa shape index (κ2) is 4.40. The largest absolute Gasteiger partial charge is 0.495 e. The lowest BCUT2D eigenvalue weighted by Crippen LogP contribution is -1.96. The summed E-state index contributed by atoms with van der Waals surface area (Å²) in [6.07, 6.45) is 0. The van der Waals surface area contributed by atoms with Crippen LogP contribution >= 0.6 is 11.3 Å². The van der Waals surface area contributed by atoms with E-state index in [9.17, 15) is 0 Å². The van der Waals surface area contributed by atoms with Gasteiger partial charge in [-0.25, -0.2) is 4.98 Å². The molecular weight excluding hydrogens is 222 g/mol. The van der Waals surface area contributed by atoms with E-state index in [0.717, 1.165) is 22.3 Å². The van der Waals surface area contributed by atoms with E-state index in [0.29, 0.717) is 5.69 Å². The zero-order valence-electron chi connectivity index (χ0n) is 9.15. The Bertz CT molecular complexity index is 496. The van der Waals surface area contributed by atoms with Crippen molar-refractivity contribution >= 4 is 27.8 Å². The lowest BCUT2D eigenvalue weighted by atomic mass is 10.2. The Balaban J connectivity index is 2.29. The molecule has 0 aliphatic carbocycles. The Kier molecular flexibility index (Phi) is 2.96. The van der Waals surface area contributed by atoms with Crippen molar-refractivity contribution in [3.8, 4) is 5.75 Å². The summed E-state index contributed by atoms with van der Waals surface area (Å²) in [7, 11) is 1.63. The summed E-state index contributed by atoms with van der Waals surface area (Å²) < 4.78 is 5.24. The summed E-state index contributed by atoms with van der Waals surface area (Å²) in [4.78, 5) is 4.32. The van der Waals surface area contributed by atoms with Gasteiger partial charge in [0.25, 0.3) is 0 Å². The van der Waals surface area contributed by atoms with Crippen molar-refractivity contribution in [1.29, 1.82) is 0 Å². The van der Waals surface area contributed by atoms with E-state index < -0.39 is 0 Å². The number of anilines is 3. The van der Waals surface area contributed by atoms with Gasteiger partial charge < -0.3 is 15.8 Å². The Morgan fingerprint density at radius 2 is 2.25 bits per heavy atom. The Labute approximate surface area is 98.1 Å². The first-order chi connectivity index (χ1) is 7.69. The van der Waals surface area contributed by atoms with Crippen molar-refractivity contribution in [2.75, 3.05) is 18.2 Å². The SMILES string of the molecule is COc1ccc(N)cc1Nc1nc(C)cs1. The third-order valence-electron chi connectivity index (χ3n) is 2.08. The number of hydrogen-bond donors (Lipinski definition) is 2. The molecule has 0 fully saturated rings. The van der Waals surface area contributed by atoms with Gasteiger partial charge in [0.2, 0.25) is 0 Å². The fraction of sp³-hybridized carbons (Fsp3) is 0.182. The highest BCUT2D eigenvalue weighted by atomic mass is 32.1. The fourth-order valence-corrected chi connectivity index (χ4v) is 2.05. The summed E-state index contributed by atoms with van der Waals surface area (Å²) >= 11 is 1.55. The third kappa shape index (κ3) is 2.25. The number of nitrogen functional groups attached to an aromatic ring is 1. The number of ether oxygens (including phenoxy) is 1. The maximum atomic E-state index is 5.73. The van der Waals surface area contributed by atoms with Gasteiger partial charge in [-0.1, -0.05) is 0 Å². The molecule has 0 aliphatic heterocycles. The topological polar surface area (TPSA) is 60.2 Å². The number of thiazole rings is 1. The van der Waals surface area contributed by atoms with Crippen molar-refractivity contribution < 1.29 is 4.74 Å². The van der Waals surface area contributed by atoms with Gasteiger partial charge in [-0.2, -0.15) is 0 Å². The number of nitrogens with one attached hydrogen (secondary N) is 1. The van der Waals surface area contributed by atoms with E-state index >= 15 is 0 Å². The molecule has 0 atom stereocenters. The van der Waals surface area contributed by atoms with Crippen LogP contribution < -0.4 is 15.8 Å². The number of benzene rings is 1. The predicted octanol–water partition coefficient (Wildman–Crippen LogP) is 2.79. The molecule has 84 valence electrons. The van der Waals surface area contributed by atoms with Crippen LogP contribution in [0.1, 0.15) is 5.69 Å². The molecule has 1 aromatic heterocycles. The van der Waals surface area contributed by atoms with Crippen LogP contribution in [0, 0.1) is 6.92 Å². The normalized spacial score (nSPS) is 10.1. The number of rotatable bonds is 3. The van der Waals surface area contributed by atoms with Crippen molar-refractivity contribution in [3.63, 3.8) is 0 Å². The average molecular weight is 235 g/mol. The molecule has 4 nitrogen and oxygen atoms in total. The lowest BCUT2D eigenvalue weighted by molar-refractivity contribution is 0.417. The number of nitrogens with two attached hydrogens (primary N) is 1. The van der Waals surface area contributed by atoms with E-state index in [1.165, 1.54) is 0 Å². The molecule has 0 aliphatic rings. The molecule has 0 unspecified atom stereocenters. The average Bonchev–Trinajstić information content (AvgIpc) is 2.64. The third-order valence-corrected chi connectivity index (χ3v) is 2.96. The summed E-state index contributed by atoms with van der Waals surface area (Å²) in [5.74, 6) is 0.752. The molecule has 0 spiro atoms. The van der Waals surface area contributed by atoms with Crippen molar-refractivity contribution in [3.05, 3.63) is 29.3 Å². The smallest absolute Gasteiger partial charge is 0.187 e. The maximum Gasteiger partial charge on any atom is 0.187 e. The molecule has 0 bridgehead atoms. The molecular formula is C11H13N3OS. The number of aryl methyl sites for hydroxylation is 1.